The molecular formula is C14H16ClNS. The van der Waals surface area contributed by atoms with Gasteiger partial charge < -0.3 is 0 Å². The van der Waals surface area contributed by atoms with Gasteiger partial charge in [0.05, 0.1) is 5.01 Å². The summed E-state index contributed by atoms with van der Waals surface area (Å²) in [5.74, 6) is 1.20. The molecule has 3 heteroatoms. The average molecular weight is 266 g/mol. The van der Waals surface area contributed by atoms with Crippen LogP contribution < -0.4 is 0 Å². The fraction of sp³-hybridized carbons (Fsp3) is 0.357. The minimum absolute atomic E-state index is 0.499. The van der Waals surface area contributed by atoms with E-state index < -0.39 is 0 Å². The molecule has 0 spiro atoms. The molecule has 17 heavy (non-hydrogen) atoms. The van der Waals surface area contributed by atoms with Crippen LogP contribution >= 0.6 is 22.9 Å². The van der Waals surface area contributed by atoms with Crippen LogP contribution in [0.15, 0.2) is 36.5 Å². The van der Waals surface area contributed by atoms with Gasteiger partial charge in [0.2, 0.25) is 0 Å². The third kappa shape index (κ3) is 3.83. The Balaban J connectivity index is 1.98. The lowest BCUT2D eigenvalue weighted by Gasteiger charge is -2.12. The van der Waals surface area contributed by atoms with E-state index >= 15 is 0 Å². The topological polar surface area (TPSA) is 12.9 Å². The Kier molecular flexibility index (Phi) is 4.57. The highest BCUT2D eigenvalue weighted by Gasteiger charge is 2.11. The van der Waals surface area contributed by atoms with E-state index in [0.717, 1.165) is 17.8 Å². The zero-order valence-electron chi connectivity index (χ0n) is 9.90. The molecule has 1 unspecified atom stereocenters. The van der Waals surface area contributed by atoms with Crippen molar-refractivity contribution in [2.24, 2.45) is 5.92 Å². The number of nitrogens with zero attached hydrogens (tertiary/aromatic N) is 1. The largest absolute Gasteiger partial charge is 0.250 e. The van der Waals surface area contributed by atoms with Gasteiger partial charge in [0.1, 0.15) is 0 Å². The molecule has 1 heterocycles. The molecule has 0 aliphatic heterocycles. The van der Waals surface area contributed by atoms with Gasteiger partial charge in [-0.25, -0.2) is 4.98 Å². The highest BCUT2D eigenvalue weighted by atomic mass is 35.5. The maximum Gasteiger partial charge on any atom is 0.0896 e. The summed E-state index contributed by atoms with van der Waals surface area (Å²) in [5.41, 5.74) is 1.36. The minimum Gasteiger partial charge on any atom is -0.250 e. The van der Waals surface area contributed by atoms with E-state index in [2.05, 4.69) is 29.2 Å². The van der Waals surface area contributed by atoms with E-state index in [1.165, 1.54) is 10.4 Å². The quantitative estimate of drug-likeness (QED) is 0.742. The molecule has 0 aliphatic carbocycles. The number of thiazole rings is 1. The lowest BCUT2D eigenvalue weighted by molar-refractivity contribution is 0.588. The molecule has 90 valence electrons. The van der Waals surface area contributed by atoms with Gasteiger partial charge in [0, 0.05) is 17.0 Å². The van der Waals surface area contributed by atoms with Crippen LogP contribution in [0.1, 0.15) is 15.4 Å². The second-order valence-corrected chi connectivity index (χ2v) is 5.89. The van der Waals surface area contributed by atoms with Gasteiger partial charge >= 0.3 is 0 Å². The maximum absolute atomic E-state index is 6.06. The maximum atomic E-state index is 6.06. The van der Waals surface area contributed by atoms with Crippen molar-refractivity contribution in [3.8, 4) is 0 Å². The summed E-state index contributed by atoms with van der Waals surface area (Å²) in [7, 11) is 0. The molecular weight excluding hydrogens is 250 g/mol. The molecule has 2 rings (SSSR count). The predicted octanol–water partition coefficient (Wildman–Crippen LogP) is 4.09. The molecule has 1 atom stereocenters. The van der Waals surface area contributed by atoms with Crippen LogP contribution in [0.5, 0.6) is 0 Å². The van der Waals surface area contributed by atoms with Gasteiger partial charge in [-0.1, -0.05) is 30.3 Å². The Bertz CT molecular complexity index is 452. The van der Waals surface area contributed by atoms with E-state index in [4.69, 9.17) is 11.6 Å². The standard InChI is InChI=1S/C14H16ClNS/c1-11-16-10-14(17-11)8-13(9-15)7-12-5-3-2-4-6-12/h2-6,10,13H,7-9H2,1H3. The zero-order chi connectivity index (χ0) is 12.1. The summed E-state index contributed by atoms with van der Waals surface area (Å²) in [4.78, 5) is 5.62. The van der Waals surface area contributed by atoms with Crippen molar-refractivity contribution in [2.45, 2.75) is 19.8 Å². The first-order valence-corrected chi connectivity index (χ1v) is 7.14. The van der Waals surface area contributed by atoms with Gasteiger partial charge in [-0.15, -0.1) is 22.9 Å². The third-order valence-corrected chi connectivity index (χ3v) is 4.12. The number of benzene rings is 1. The number of alkyl halides is 1. The summed E-state index contributed by atoms with van der Waals surface area (Å²) in [6.07, 6.45) is 4.05. The van der Waals surface area contributed by atoms with Crippen LogP contribution in [0.4, 0.5) is 0 Å². The lowest BCUT2D eigenvalue weighted by atomic mass is 9.97. The first kappa shape index (κ1) is 12.6. The van der Waals surface area contributed by atoms with E-state index in [1.807, 2.05) is 19.2 Å². The molecule has 1 aromatic heterocycles. The van der Waals surface area contributed by atoms with Gasteiger partial charge in [-0.2, -0.15) is 0 Å². The fourth-order valence-electron chi connectivity index (χ4n) is 1.91. The lowest BCUT2D eigenvalue weighted by Crippen LogP contribution is -2.09. The van der Waals surface area contributed by atoms with E-state index in [9.17, 15) is 0 Å². The van der Waals surface area contributed by atoms with Gasteiger partial charge in [0.25, 0.3) is 0 Å². The Morgan fingerprint density at radius 2 is 2.00 bits per heavy atom. The van der Waals surface area contributed by atoms with Crippen LogP contribution in [-0.2, 0) is 12.8 Å². The molecule has 0 bridgehead atoms. The Morgan fingerprint density at radius 3 is 2.59 bits per heavy atom. The van der Waals surface area contributed by atoms with E-state index in [1.54, 1.807) is 11.3 Å². The third-order valence-electron chi connectivity index (χ3n) is 2.74. The summed E-state index contributed by atoms with van der Waals surface area (Å²) >= 11 is 7.83. The van der Waals surface area contributed by atoms with Crippen LogP contribution in [0.2, 0.25) is 0 Å². The Labute approximate surface area is 111 Å². The van der Waals surface area contributed by atoms with Crippen molar-refractivity contribution in [3.63, 3.8) is 0 Å². The molecule has 2 aromatic rings. The number of hydrogen-bond donors (Lipinski definition) is 0. The first-order chi connectivity index (χ1) is 8.28. The molecule has 1 aromatic carbocycles. The van der Waals surface area contributed by atoms with Crippen molar-refractivity contribution in [1.82, 2.24) is 4.98 Å². The highest BCUT2D eigenvalue weighted by Crippen LogP contribution is 2.20. The van der Waals surface area contributed by atoms with Gasteiger partial charge in [-0.3, -0.25) is 0 Å². The Hall–Kier alpha value is -0.860. The highest BCUT2D eigenvalue weighted by molar-refractivity contribution is 7.11. The SMILES string of the molecule is Cc1ncc(CC(CCl)Cc2ccccc2)s1. The summed E-state index contributed by atoms with van der Waals surface area (Å²) in [6, 6.07) is 10.5. The molecule has 0 radical (unpaired) electrons. The van der Waals surface area contributed by atoms with Crippen LogP contribution in [-0.4, -0.2) is 10.9 Å². The zero-order valence-corrected chi connectivity index (χ0v) is 11.5. The summed E-state index contributed by atoms with van der Waals surface area (Å²) in [5, 5.41) is 1.13. The van der Waals surface area contributed by atoms with Crippen molar-refractivity contribution >= 4 is 22.9 Å². The van der Waals surface area contributed by atoms with Crippen LogP contribution in [0.3, 0.4) is 0 Å². The smallest absolute Gasteiger partial charge is 0.0896 e. The predicted molar refractivity (Wildman–Crippen MR) is 74.9 cm³/mol. The van der Waals surface area contributed by atoms with Crippen molar-refractivity contribution < 1.29 is 0 Å². The molecule has 0 saturated heterocycles. The number of rotatable bonds is 5. The molecule has 0 fully saturated rings. The number of aromatic nitrogens is 1. The van der Waals surface area contributed by atoms with Crippen LogP contribution in [0, 0.1) is 12.8 Å². The molecule has 1 nitrogen and oxygen atoms in total. The van der Waals surface area contributed by atoms with Gasteiger partial charge in [-0.05, 0) is 31.2 Å². The Morgan fingerprint density at radius 1 is 1.24 bits per heavy atom. The van der Waals surface area contributed by atoms with Gasteiger partial charge in [0.15, 0.2) is 0 Å². The average Bonchev–Trinajstić information content (AvgIpc) is 2.75. The molecule has 0 amide bonds. The minimum atomic E-state index is 0.499. The summed E-state index contributed by atoms with van der Waals surface area (Å²) in [6.45, 7) is 2.04. The van der Waals surface area contributed by atoms with Crippen molar-refractivity contribution in [2.75, 3.05) is 5.88 Å². The van der Waals surface area contributed by atoms with E-state index in [0.29, 0.717) is 11.8 Å². The molecule has 0 aliphatic rings. The first-order valence-electron chi connectivity index (χ1n) is 5.79. The normalized spacial score (nSPS) is 12.6. The fourth-order valence-corrected chi connectivity index (χ4v) is 3.04. The molecule has 0 saturated carbocycles. The second kappa shape index (κ2) is 6.18. The number of hydrogen-bond acceptors (Lipinski definition) is 2. The van der Waals surface area contributed by atoms with Crippen molar-refractivity contribution in [3.05, 3.63) is 52.0 Å². The van der Waals surface area contributed by atoms with E-state index in [-0.39, 0.29) is 0 Å². The number of halogens is 1. The summed E-state index contributed by atoms with van der Waals surface area (Å²) < 4.78 is 0. The monoisotopic (exact) mass is 265 g/mol. The number of aryl methyl sites for hydroxylation is 1. The van der Waals surface area contributed by atoms with Crippen molar-refractivity contribution in [1.29, 1.82) is 0 Å². The van der Waals surface area contributed by atoms with Crippen LogP contribution in [0.25, 0.3) is 0 Å². The molecule has 0 N–H and O–H groups in total. The second-order valence-electron chi connectivity index (χ2n) is 4.26.